The van der Waals surface area contributed by atoms with Gasteiger partial charge in [-0.25, -0.2) is 4.98 Å². The van der Waals surface area contributed by atoms with E-state index in [9.17, 15) is 0 Å². The summed E-state index contributed by atoms with van der Waals surface area (Å²) in [5.74, 6) is 3.36. The van der Waals surface area contributed by atoms with Crippen LogP contribution in [0.2, 0.25) is 0 Å². The lowest BCUT2D eigenvalue weighted by molar-refractivity contribution is 0.379. The van der Waals surface area contributed by atoms with Crippen molar-refractivity contribution in [2.45, 2.75) is 32.2 Å². The number of ether oxygens (including phenoxy) is 1. The van der Waals surface area contributed by atoms with Crippen molar-refractivity contribution in [3.8, 4) is 18.2 Å². The number of methoxy groups -OCH3 is 1. The van der Waals surface area contributed by atoms with E-state index >= 15 is 0 Å². The first-order valence-electron chi connectivity index (χ1n) is 5.99. The molecule has 0 aliphatic heterocycles. The zero-order valence-electron chi connectivity index (χ0n) is 10.6. The molecule has 0 saturated heterocycles. The molecule has 1 atom stereocenters. The second-order valence-electron chi connectivity index (χ2n) is 3.81. The van der Waals surface area contributed by atoms with Gasteiger partial charge in [0.05, 0.1) is 7.11 Å². The fraction of sp³-hybridized carbons (Fsp3) is 0.500. The van der Waals surface area contributed by atoms with Gasteiger partial charge in [0.2, 0.25) is 5.88 Å². The van der Waals surface area contributed by atoms with Crippen LogP contribution in [-0.4, -0.2) is 18.6 Å². The molecule has 0 aliphatic carbocycles. The van der Waals surface area contributed by atoms with Gasteiger partial charge in [0, 0.05) is 24.2 Å². The Labute approximate surface area is 104 Å². The molecule has 0 saturated carbocycles. The van der Waals surface area contributed by atoms with Crippen molar-refractivity contribution in [1.82, 2.24) is 10.3 Å². The summed E-state index contributed by atoms with van der Waals surface area (Å²) in [5, 5.41) is 3.44. The van der Waals surface area contributed by atoms with Crippen LogP contribution in [0.5, 0.6) is 5.88 Å². The van der Waals surface area contributed by atoms with E-state index in [1.54, 1.807) is 13.3 Å². The molecule has 0 bridgehead atoms. The van der Waals surface area contributed by atoms with Crippen LogP contribution in [0.3, 0.4) is 0 Å². The van der Waals surface area contributed by atoms with Gasteiger partial charge in [0.25, 0.3) is 0 Å². The molecular weight excluding hydrogens is 212 g/mol. The number of rotatable bonds is 7. The van der Waals surface area contributed by atoms with E-state index in [2.05, 4.69) is 29.2 Å². The SMILES string of the molecule is C#CCCCC(NCC)c1cccnc1OC. The molecule has 1 N–H and O–H groups in total. The molecular formula is C14H20N2O. The molecule has 1 rings (SSSR count). The summed E-state index contributed by atoms with van der Waals surface area (Å²) in [6.07, 6.45) is 9.84. The van der Waals surface area contributed by atoms with Crippen molar-refractivity contribution >= 4 is 0 Å². The van der Waals surface area contributed by atoms with Crippen LogP contribution in [-0.2, 0) is 0 Å². The van der Waals surface area contributed by atoms with Crippen molar-refractivity contribution < 1.29 is 4.74 Å². The Bertz CT molecular complexity index is 371. The van der Waals surface area contributed by atoms with Crippen LogP contribution in [0.15, 0.2) is 18.3 Å². The van der Waals surface area contributed by atoms with Crippen molar-refractivity contribution in [1.29, 1.82) is 0 Å². The van der Waals surface area contributed by atoms with Gasteiger partial charge in [0.15, 0.2) is 0 Å². The number of nitrogens with one attached hydrogen (secondary N) is 1. The zero-order chi connectivity index (χ0) is 12.5. The molecule has 1 aromatic heterocycles. The lowest BCUT2D eigenvalue weighted by Gasteiger charge is -2.19. The summed E-state index contributed by atoms with van der Waals surface area (Å²) in [7, 11) is 1.65. The molecule has 1 aromatic rings. The number of pyridine rings is 1. The summed E-state index contributed by atoms with van der Waals surface area (Å²) in [5.41, 5.74) is 1.11. The number of aromatic nitrogens is 1. The molecule has 0 aromatic carbocycles. The minimum Gasteiger partial charge on any atom is -0.481 e. The first-order valence-corrected chi connectivity index (χ1v) is 5.99. The summed E-state index contributed by atoms with van der Waals surface area (Å²) in [6.45, 7) is 3.01. The molecule has 0 fully saturated rings. The van der Waals surface area contributed by atoms with E-state index in [4.69, 9.17) is 11.2 Å². The van der Waals surface area contributed by atoms with Crippen LogP contribution >= 0.6 is 0 Å². The largest absolute Gasteiger partial charge is 0.481 e. The minimum absolute atomic E-state index is 0.261. The molecule has 92 valence electrons. The Morgan fingerprint density at radius 1 is 1.59 bits per heavy atom. The molecule has 0 spiro atoms. The molecule has 1 heterocycles. The van der Waals surface area contributed by atoms with E-state index in [-0.39, 0.29) is 6.04 Å². The predicted molar refractivity (Wildman–Crippen MR) is 69.9 cm³/mol. The van der Waals surface area contributed by atoms with E-state index < -0.39 is 0 Å². The maximum Gasteiger partial charge on any atom is 0.217 e. The summed E-state index contributed by atoms with van der Waals surface area (Å²) in [4.78, 5) is 4.23. The first kappa shape index (κ1) is 13.5. The van der Waals surface area contributed by atoms with Gasteiger partial charge < -0.3 is 10.1 Å². The van der Waals surface area contributed by atoms with Gasteiger partial charge in [-0.05, 0) is 25.5 Å². The van der Waals surface area contributed by atoms with E-state index in [1.165, 1.54) is 0 Å². The summed E-state index contributed by atoms with van der Waals surface area (Å²) in [6, 6.07) is 4.25. The molecule has 3 nitrogen and oxygen atoms in total. The third-order valence-electron chi connectivity index (χ3n) is 2.63. The van der Waals surface area contributed by atoms with Crippen LogP contribution < -0.4 is 10.1 Å². The van der Waals surface area contributed by atoms with E-state index in [1.807, 2.05) is 6.07 Å². The standard InChI is InChI=1S/C14H20N2O/c1-4-6-7-10-13(15-5-2)12-9-8-11-16-14(12)17-3/h1,8-9,11,13,15H,5-7,10H2,2-3H3. The van der Waals surface area contributed by atoms with Crippen molar-refractivity contribution in [2.24, 2.45) is 0 Å². The smallest absolute Gasteiger partial charge is 0.217 e. The van der Waals surface area contributed by atoms with Gasteiger partial charge in [0.1, 0.15) is 0 Å². The van der Waals surface area contributed by atoms with Crippen LogP contribution in [0.1, 0.15) is 37.8 Å². The Hall–Kier alpha value is -1.53. The number of nitrogens with zero attached hydrogens (tertiary/aromatic N) is 1. The average molecular weight is 232 g/mol. The molecule has 3 heteroatoms. The van der Waals surface area contributed by atoms with E-state index in [0.29, 0.717) is 5.88 Å². The normalized spacial score (nSPS) is 11.8. The van der Waals surface area contributed by atoms with Gasteiger partial charge in [-0.1, -0.05) is 13.0 Å². The van der Waals surface area contributed by atoms with Crippen molar-refractivity contribution in [3.63, 3.8) is 0 Å². The van der Waals surface area contributed by atoms with Crippen LogP contribution in [0, 0.1) is 12.3 Å². The molecule has 0 amide bonds. The fourth-order valence-electron chi connectivity index (χ4n) is 1.86. The van der Waals surface area contributed by atoms with Gasteiger partial charge in [-0.2, -0.15) is 0 Å². The van der Waals surface area contributed by atoms with Crippen molar-refractivity contribution in [3.05, 3.63) is 23.9 Å². The third-order valence-corrected chi connectivity index (χ3v) is 2.63. The van der Waals surface area contributed by atoms with Crippen LogP contribution in [0.4, 0.5) is 0 Å². The lowest BCUT2D eigenvalue weighted by atomic mass is 10.0. The quantitative estimate of drug-likeness (QED) is 0.579. The highest BCUT2D eigenvalue weighted by Gasteiger charge is 2.15. The molecule has 1 unspecified atom stereocenters. The van der Waals surface area contributed by atoms with Gasteiger partial charge >= 0.3 is 0 Å². The molecule has 0 radical (unpaired) electrons. The van der Waals surface area contributed by atoms with Gasteiger partial charge in [-0.15, -0.1) is 12.3 Å². The molecule has 17 heavy (non-hydrogen) atoms. The van der Waals surface area contributed by atoms with Crippen LogP contribution in [0.25, 0.3) is 0 Å². The Kier molecular flexibility index (Phi) is 6.13. The minimum atomic E-state index is 0.261. The third kappa shape index (κ3) is 4.08. The summed E-state index contributed by atoms with van der Waals surface area (Å²) < 4.78 is 5.29. The second kappa shape index (κ2) is 7.70. The first-order chi connectivity index (χ1) is 8.33. The molecule has 0 aliphatic rings. The second-order valence-corrected chi connectivity index (χ2v) is 3.81. The highest BCUT2D eigenvalue weighted by Crippen LogP contribution is 2.26. The predicted octanol–water partition coefficient (Wildman–Crippen LogP) is 2.54. The average Bonchev–Trinajstić information content (AvgIpc) is 2.38. The number of unbranched alkanes of at least 4 members (excludes halogenated alkanes) is 1. The van der Waals surface area contributed by atoms with E-state index in [0.717, 1.165) is 31.4 Å². The monoisotopic (exact) mass is 232 g/mol. The Morgan fingerprint density at radius 2 is 2.41 bits per heavy atom. The lowest BCUT2D eigenvalue weighted by Crippen LogP contribution is -2.21. The number of hydrogen-bond donors (Lipinski definition) is 1. The Morgan fingerprint density at radius 3 is 3.06 bits per heavy atom. The maximum absolute atomic E-state index is 5.29. The fourth-order valence-corrected chi connectivity index (χ4v) is 1.86. The van der Waals surface area contributed by atoms with Crippen molar-refractivity contribution in [2.75, 3.05) is 13.7 Å². The Balaban J connectivity index is 2.77. The zero-order valence-corrected chi connectivity index (χ0v) is 10.6. The maximum atomic E-state index is 5.29. The number of hydrogen-bond acceptors (Lipinski definition) is 3. The summed E-state index contributed by atoms with van der Waals surface area (Å²) >= 11 is 0. The highest BCUT2D eigenvalue weighted by molar-refractivity contribution is 5.28. The topological polar surface area (TPSA) is 34.2 Å². The number of terminal acetylenes is 1. The van der Waals surface area contributed by atoms with Gasteiger partial charge in [-0.3, -0.25) is 0 Å². The highest BCUT2D eigenvalue weighted by atomic mass is 16.5.